The molecule has 7 heteroatoms. The summed E-state index contributed by atoms with van der Waals surface area (Å²) < 4.78 is 27.1. The molecular formula is C22H15ClF2N2OS. The number of hydrogen-bond donors (Lipinski definition) is 1. The van der Waals surface area contributed by atoms with Crippen molar-refractivity contribution in [1.29, 1.82) is 0 Å². The molecule has 3 aromatic rings. The zero-order valence-corrected chi connectivity index (χ0v) is 16.7. The van der Waals surface area contributed by atoms with Gasteiger partial charge in [-0.1, -0.05) is 41.6 Å². The van der Waals surface area contributed by atoms with Crippen LogP contribution in [0.5, 0.6) is 0 Å². The molecule has 0 radical (unpaired) electrons. The number of amides is 1. The molecule has 0 aromatic heterocycles. The SMILES string of the molecule is O=C(NCCF)c1ccc2c(c1)N=C(c1ccc(Cl)cc1F)c1ccccc1S2. The van der Waals surface area contributed by atoms with Crippen molar-refractivity contribution in [3.8, 4) is 0 Å². The summed E-state index contributed by atoms with van der Waals surface area (Å²) in [6.07, 6.45) is 0. The summed E-state index contributed by atoms with van der Waals surface area (Å²) in [5.41, 5.74) is 2.48. The highest BCUT2D eigenvalue weighted by molar-refractivity contribution is 7.99. The minimum atomic E-state index is -0.639. The summed E-state index contributed by atoms with van der Waals surface area (Å²) in [7, 11) is 0. The van der Waals surface area contributed by atoms with Crippen LogP contribution in [0.4, 0.5) is 14.5 Å². The van der Waals surface area contributed by atoms with E-state index in [0.717, 1.165) is 15.4 Å². The Morgan fingerprint density at radius 2 is 1.86 bits per heavy atom. The predicted molar refractivity (Wildman–Crippen MR) is 112 cm³/mol. The quantitative estimate of drug-likeness (QED) is 0.445. The number of hydrogen-bond acceptors (Lipinski definition) is 3. The number of halogens is 3. The number of nitrogens with zero attached hydrogens (tertiary/aromatic N) is 1. The number of rotatable bonds is 4. The highest BCUT2D eigenvalue weighted by atomic mass is 35.5. The van der Waals surface area contributed by atoms with E-state index < -0.39 is 12.5 Å². The second kappa shape index (κ2) is 8.35. The van der Waals surface area contributed by atoms with Crippen molar-refractivity contribution in [3.63, 3.8) is 0 Å². The minimum Gasteiger partial charge on any atom is -0.349 e. The van der Waals surface area contributed by atoms with E-state index in [1.807, 2.05) is 24.3 Å². The summed E-state index contributed by atoms with van der Waals surface area (Å²) in [6.45, 7) is -0.694. The molecule has 4 rings (SSSR count). The van der Waals surface area contributed by atoms with E-state index in [0.29, 0.717) is 27.5 Å². The molecule has 3 aromatic carbocycles. The average molecular weight is 429 g/mol. The van der Waals surface area contributed by atoms with Crippen molar-refractivity contribution < 1.29 is 13.6 Å². The van der Waals surface area contributed by atoms with Crippen molar-refractivity contribution in [2.75, 3.05) is 13.2 Å². The standard InChI is InChI=1S/C22H15ClF2N2OS/c23-14-6-7-15(17(25)12-14)21-16-3-1-2-4-19(16)29-20-8-5-13(11-18(20)27-21)22(28)26-10-9-24/h1-8,11-12H,9-10H2,(H,26,28). The van der Waals surface area contributed by atoms with Gasteiger partial charge < -0.3 is 5.32 Å². The van der Waals surface area contributed by atoms with Crippen molar-refractivity contribution in [2.45, 2.75) is 9.79 Å². The first kappa shape index (κ1) is 19.6. The number of aliphatic imine (C=N–C) groups is 1. The lowest BCUT2D eigenvalue weighted by Crippen LogP contribution is -2.25. The molecular weight excluding hydrogens is 414 g/mol. The Morgan fingerprint density at radius 1 is 1.03 bits per heavy atom. The first-order valence-electron chi connectivity index (χ1n) is 8.86. The normalized spacial score (nSPS) is 12.4. The van der Waals surface area contributed by atoms with Crippen molar-refractivity contribution in [2.24, 2.45) is 4.99 Å². The van der Waals surface area contributed by atoms with Crippen LogP contribution in [0.25, 0.3) is 0 Å². The van der Waals surface area contributed by atoms with E-state index in [9.17, 15) is 13.6 Å². The van der Waals surface area contributed by atoms with Gasteiger partial charge in [0.05, 0.1) is 11.4 Å². The Hall–Kier alpha value is -2.70. The summed E-state index contributed by atoms with van der Waals surface area (Å²) in [4.78, 5) is 18.7. The smallest absolute Gasteiger partial charge is 0.251 e. The van der Waals surface area contributed by atoms with E-state index in [4.69, 9.17) is 16.6 Å². The maximum atomic E-state index is 14.7. The van der Waals surface area contributed by atoms with Crippen LogP contribution in [-0.4, -0.2) is 24.8 Å². The molecule has 3 nitrogen and oxygen atoms in total. The van der Waals surface area contributed by atoms with Crippen molar-refractivity contribution >= 4 is 40.7 Å². The number of fused-ring (bicyclic) bond motifs is 2. The van der Waals surface area contributed by atoms with Crippen LogP contribution >= 0.6 is 23.4 Å². The molecule has 0 saturated heterocycles. The van der Waals surface area contributed by atoms with Gasteiger partial charge in [0.2, 0.25) is 0 Å². The van der Waals surface area contributed by atoms with Gasteiger partial charge in [-0.3, -0.25) is 4.79 Å². The summed E-state index contributed by atoms with van der Waals surface area (Å²) in [5, 5.41) is 2.80. The monoisotopic (exact) mass is 428 g/mol. The maximum Gasteiger partial charge on any atom is 0.251 e. The van der Waals surface area contributed by atoms with Crippen molar-refractivity contribution in [3.05, 3.63) is 88.2 Å². The Bertz CT molecular complexity index is 1130. The number of alkyl halides is 1. The van der Waals surface area contributed by atoms with E-state index in [2.05, 4.69) is 5.32 Å². The van der Waals surface area contributed by atoms with Gasteiger partial charge in [0, 0.05) is 38.0 Å². The lowest BCUT2D eigenvalue weighted by Gasteiger charge is -2.10. The molecule has 1 aliphatic heterocycles. The Labute approximate surface area is 175 Å². The minimum absolute atomic E-state index is 0.0549. The molecule has 0 saturated carbocycles. The molecule has 29 heavy (non-hydrogen) atoms. The molecule has 0 fully saturated rings. The van der Waals surface area contributed by atoms with Crippen LogP contribution in [0.1, 0.15) is 21.5 Å². The van der Waals surface area contributed by atoms with Crippen LogP contribution in [0, 0.1) is 5.82 Å². The number of nitrogens with one attached hydrogen (secondary N) is 1. The molecule has 146 valence electrons. The summed E-state index contributed by atoms with van der Waals surface area (Å²) in [5.74, 6) is -0.858. The number of carbonyl (C=O) groups is 1. The third-order valence-corrected chi connectivity index (χ3v) is 5.76. The largest absolute Gasteiger partial charge is 0.349 e. The van der Waals surface area contributed by atoms with Gasteiger partial charge in [-0.15, -0.1) is 0 Å². The van der Waals surface area contributed by atoms with Gasteiger partial charge in [0.25, 0.3) is 5.91 Å². The average Bonchev–Trinajstić information content (AvgIpc) is 2.88. The molecule has 1 N–H and O–H groups in total. The Kier molecular flexibility index (Phi) is 5.65. The highest BCUT2D eigenvalue weighted by Gasteiger charge is 2.21. The molecule has 1 aliphatic rings. The van der Waals surface area contributed by atoms with Gasteiger partial charge in [-0.2, -0.15) is 0 Å². The van der Waals surface area contributed by atoms with E-state index in [-0.39, 0.29) is 12.5 Å². The third-order valence-electron chi connectivity index (χ3n) is 4.38. The van der Waals surface area contributed by atoms with Gasteiger partial charge in [-0.05, 0) is 42.5 Å². The topological polar surface area (TPSA) is 41.5 Å². The zero-order chi connectivity index (χ0) is 20.4. The van der Waals surface area contributed by atoms with E-state index in [1.54, 1.807) is 30.3 Å². The Morgan fingerprint density at radius 3 is 2.66 bits per heavy atom. The van der Waals surface area contributed by atoms with Crippen LogP contribution in [0.15, 0.2) is 75.4 Å². The third kappa shape index (κ3) is 4.04. The first-order chi connectivity index (χ1) is 14.1. The summed E-state index contributed by atoms with van der Waals surface area (Å²) in [6, 6.07) is 17.2. The lowest BCUT2D eigenvalue weighted by molar-refractivity contribution is 0.0951. The van der Waals surface area contributed by atoms with Crippen LogP contribution in [0.2, 0.25) is 5.02 Å². The van der Waals surface area contributed by atoms with Gasteiger partial charge in [-0.25, -0.2) is 13.8 Å². The fourth-order valence-electron chi connectivity index (χ4n) is 3.03. The molecule has 0 unspecified atom stereocenters. The fourth-order valence-corrected chi connectivity index (χ4v) is 4.19. The van der Waals surface area contributed by atoms with E-state index in [1.165, 1.54) is 17.8 Å². The number of carbonyl (C=O) groups excluding carboxylic acids is 1. The molecule has 0 aliphatic carbocycles. The molecule has 0 spiro atoms. The Balaban J connectivity index is 1.87. The van der Waals surface area contributed by atoms with Crippen LogP contribution in [0.3, 0.4) is 0 Å². The second-order valence-corrected chi connectivity index (χ2v) is 7.83. The zero-order valence-electron chi connectivity index (χ0n) is 15.1. The molecule has 0 bridgehead atoms. The van der Waals surface area contributed by atoms with Crippen LogP contribution in [-0.2, 0) is 0 Å². The first-order valence-corrected chi connectivity index (χ1v) is 10.1. The van der Waals surface area contributed by atoms with Crippen LogP contribution < -0.4 is 5.32 Å². The second-order valence-electron chi connectivity index (χ2n) is 6.31. The molecule has 1 amide bonds. The number of benzene rings is 3. The van der Waals surface area contributed by atoms with E-state index >= 15 is 0 Å². The maximum absolute atomic E-state index is 14.7. The highest BCUT2D eigenvalue weighted by Crippen LogP contribution is 2.41. The summed E-state index contributed by atoms with van der Waals surface area (Å²) >= 11 is 7.41. The van der Waals surface area contributed by atoms with Gasteiger partial charge >= 0.3 is 0 Å². The fraction of sp³-hybridized carbons (Fsp3) is 0.0909. The molecule has 1 heterocycles. The van der Waals surface area contributed by atoms with Crippen molar-refractivity contribution in [1.82, 2.24) is 5.32 Å². The van der Waals surface area contributed by atoms with Gasteiger partial charge in [0.1, 0.15) is 12.5 Å². The lowest BCUT2D eigenvalue weighted by atomic mass is 10.0. The van der Waals surface area contributed by atoms with Gasteiger partial charge in [0.15, 0.2) is 0 Å². The molecule has 0 atom stereocenters. The predicted octanol–water partition coefficient (Wildman–Crippen LogP) is 5.81.